The second kappa shape index (κ2) is 6.38. The van der Waals surface area contributed by atoms with Gasteiger partial charge in [-0.3, -0.25) is 4.98 Å². The van der Waals surface area contributed by atoms with E-state index in [1.807, 2.05) is 18.3 Å². The normalized spacial score (nSPS) is 12.4. The van der Waals surface area contributed by atoms with Crippen molar-refractivity contribution in [2.75, 3.05) is 0 Å². The molecule has 1 atom stereocenters. The molecule has 0 aliphatic rings. The minimum Gasteiger partial charge on any atom is -0.388 e. The molecule has 0 aliphatic carbocycles. The van der Waals surface area contributed by atoms with E-state index in [1.165, 1.54) is 5.56 Å². The van der Waals surface area contributed by atoms with Gasteiger partial charge in [-0.2, -0.15) is 0 Å². The lowest BCUT2D eigenvalue weighted by molar-refractivity contribution is 0.177. The Labute approximate surface area is 123 Å². The minimum atomic E-state index is -0.676. The fourth-order valence-corrected chi connectivity index (χ4v) is 2.40. The van der Waals surface area contributed by atoms with Gasteiger partial charge in [-0.15, -0.1) is 0 Å². The van der Waals surface area contributed by atoms with Gasteiger partial charge in [0.15, 0.2) is 0 Å². The Morgan fingerprint density at radius 2 is 2.00 bits per heavy atom. The van der Waals surface area contributed by atoms with Gasteiger partial charge in [-0.05, 0) is 35.7 Å². The Morgan fingerprint density at radius 1 is 1.21 bits per heavy atom. The van der Waals surface area contributed by atoms with Gasteiger partial charge < -0.3 is 5.11 Å². The summed E-state index contributed by atoms with van der Waals surface area (Å²) in [6.07, 6.45) is 2.56. The molecule has 0 radical (unpaired) electrons. The maximum absolute atomic E-state index is 10.2. The summed E-state index contributed by atoms with van der Waals surface area (Å²) in [6, 6.07) is 9.06. The average molecular weight is 296 g/mol. The largest absolute Gasteiger partial charge is 0.388 e. The Kier molecular flexibility index (Phi) is 4.81. The quantitative estimate of drug-likeness (QED) is 0.916. The zero-order valence-corrected chi connectivity index (χ0v) is 12.1. The highest BCUT2D eigenvalue weighted by Crippen LogP contribution is 2.28. The van der Waals surface area contributed by atoms with E-state index in [9.17, 15) is 5.11 Å². The highest BCUT2D eigenvalue weighted by atomic mass is 35.5. The molecule has 1 aromatic carbocycles. The van der Waals surface area contributed by atoms with Crippen LogP contribution in [0.2, 0.25) is 10.0 Å². The molecule has 2 nitrogen and oxygen atoms in total. The van der Waals surface area contributed by atoms with E-state index >= 15 is 0 Å². The van der Waals surface area contributed by atoms with Gasteiger partial charge in [0.2, 0.25) is 0 Å². The molecule has 1 heterocycles. The van der Waals surface area contributed by atoms with Crippen LogP contribution >= 0.6 is 23.2 Å². The Morgan fingerprint density at radius 3 is 2.58 bits per heavy atom. The van der Waals surface area contributed by atoms with Crippen molar-refractivity contribution in [3.05, 3.63) is 63.4 Å². The molecule has 1 N–H and O–H groups in total. The summed E-state index contributed by atoms with van der Waals surface area (Å²) in [7, 11) is 0. The number of nitrogens with zero attached hydrogens (tertiary/aromatic N) is 1. The smallest absolute Gasteiger partial charge is 0.0859 e. The molecule has 0 aliphatic heterocycles. The molecule has 0 amide bonds. The molecular weight excluding hydrogens is 281 g/mol. The van der Waals surface area contributed by atoms with Crippen LogP contribution < -0.4 is 0 Å². The SMILES string of the molecule is CCc1ccc(CC(O)c2ccc(Cl)cc2Cl)nc1. The van der Waals surface area contributed by atoms with E-state index in [4.69, 9.17) is 23.2 Å². The number of halogens is 2. The van der Waals surface area contributed by atoms with E-state index in [1.54, 1.807) is 18.2 Å². The molecule has 19 heavy (non-hydrogen) atoms. The number of aromatic nitrogens is 1. The van der Waals surface area contributed by atoms with Crippen LogP contribution in [0, 0.1) is 0 Å². The fourth-order valence-electron chi connectivity index (χ4n) is 1.86. The van der Waals surface area contributed by atoms with Crippen LogP contribution in [0.15, 0.2) is 36.5 Å². The van der Waals surface area contributed by atoms with Crippen molar-refractivity contribution in [1.82, 2.24) is 4.98 Å². The van der Waals surface area contributed by atoms with E-state index < -0.39 is 6.10 Å². The highest BCUT2D eigenvalue weighted by Gasteiger charge is 2.13. The van der Waals surface area contributed by atoms with Crippen molar-refractivity contribution in [2.24, 2.45) is 0 Å². The summed E-state index contributed by atoms with van der Waals surface area (Å²) in [5, 5.41) is 11.2. The molecule has 0 spiro atoms. The number of pyridine rings is 1. The predicted octanol–water partition coefficient (Wildman–Crippen LogP) is 4.23. The molecule has 100 valence electrons. The fraction of sp³-hybridized carbons (Fsp3) is 0.267. The molecular formula is C15H15Cl2NO. The second-order valence-corrected chi connectivity index (χ2v) is 5.24. The van der Waals surface area contributed by atoms with E-state index in [-0.39, 0.29) is 0 Å². The van der Waals surface area contributed by atoms with Crippen molar-refractivity contribution >= 4 is 23.2 Å². The summed E-state index contributed by atoms with van der Waals surface area (Å²) in [5.74, 6) is 0. The van der Waals surface area contributed by atoms with Gasteiger partial charge in [-0.1, -0.05) is 42.3 Å². The molecule has 2 aromatic rings. The van der Waals surface area contributed by atoms with Gasteiger partial charge >= 0.3 is 0 Å². The second-order valence-electron chi connectivity index (χ2n) is 4.40. The van der Waals surface area contributed by atoms with E-state index in [0.29, 0.717) is 22.0 Å². The molecule has 1 aromatic heterocycles. The van der Waals surface area contributed by atoms with Crippen molar-refractivity contribution in [2.45, 2.75) is 25.9 Å². The van der Waals surface area contributed by atoms with Crippen LogP contribution in [-0.4, -0.2) is 10.1 Å². The van der Waals surface area contributed by atoms with Crippen LogP contribution in [0.25, 0.3) is 0 Å². The third-order valence-corrected chi connectivity index (χ3v) is 3.58. The summed E-state index contributed by atoms with van der Waals surface area (Å²) < 4.78 is 0. The first-order chi connectivity index (χ1) is 9.10. The predicted molar refractivity (Wildman–Crippen MR) is 78.7 cm³/mol. The third kappa shape index (κ3) is 3.69. The number of benzene rings is 1. The first-order valence-electron chi connectivity index (χ1n) is 6.17. The van der Waals surface area contributed by atoms with Gasteiger partial charge in [0, 0.05) is 28.4 Å². The summed E-state index contributed by atoms with van der Waals surface area (Å²) in [6.45, 7) is 2.08. The van der Waals surface area contributed by atoms with Crippen molar-refractivity contribution in [1.29, 1.82) is 0 Å². The lowest BCUT2D eigenvalue weighted by atomic mass is 10.0. The summed E-state index contributed by atoms with van der Waals surface area (Å²) in [4.78, 5) is 4.33. The maximum atomic E-state index is 10.2. The maximum Gasteiger partial charge on any atom is 0.0859 e. The van der Waals surface area contributed by atoms with Gasteiger partial charge in [0.1, 0.15) is 0 Å². The highest BCUT2D eigenvalue weighted by molar-refractivity contribution is 6.35. The lowest BCUT2D eigenvalue weighted by Gasteiger charge is -2.12. The number of rotatable bonds is 4. The van der Waals surface area contributed by atoms with Crippen LogP contribution in [0.1, 0.15) is 29.8 Å². The Hall–Kier alpha value is -1.09. The molecule has 1 unspecified atom stereocenters. The van der Waals surface area contributed by atoms with Crippen LogP contribution in [-0.2, 0) is 12.8 Å². The molecule has 0 saturated heterocycles. The monoisotopic (exact) mass is 295 g/mol. The standard InChI is InChI=1S/C15H15Cl2NO/c1-2-10-3-5-12(18-9-10)8-15(19)13-6-4-11(16)7-14(13)17/h3-7,9,15,19H,2,8H2,1H3. The van der Waals surface area contributed by atoms with Crippen LogP contribution in [0.4, 0.5) is 0 Å². The van der Waals surface area contributed by atoms with Crippen LogP contribution in [0.3, 0.4) is 0 Å². The first-order valence-corrected chi connectivity index (χ1v) is 6.92. The van der Waals surface area contributed by atoms with Crippen molar-refractivity contribution in [3.8, 4) is 0 Å². The Balaban J connectivity index is 2.13. The van der Waals surface area contributed by atoms with Crippen molar-refractivity contribution in [3.63, 3.8) is 0 Å². The number of hydrogen-bond donors (Lipinski definition) is 1. The third-order valence-electron chi connectivity index (χ3n) is 3.02. The summed E-state index contributed by atoms with van der Waals surface area (Å²) in [5.41, 5.74) is 2.70. The van der Waals surface area contributed by atoms with Crippen molar-refractivity contribution < 1.29 is 5.11 Å². The molecule has 0 bridgehead atoms. The van der Waals surface area contributed by atoms with Gasteiger partial charge in [-0.25, -0.2) is 0 Å². The van der Waals surface area contributed by atoms with E-state index in [0.717, 1.165) is 12.1 Å². The number of aliphatic hydroxyl groups is 1. The Bertz CT molecular complexity index is 555. The zero-order valence-electron chi connectivity index (χ0n) is 10.6. The number of hydrogen-bond acceptors (Lipinski definition) is 2. The summed E-state index contributed by atoms with van der Waals surface area (Å²) >= 11 is 11.9. The number of aryl methyl sites for hydroxylation is 1. The minimum absolute atomic E-state index is 0.436. The van der Waals surface area contributed by atoms with Gasteiger partial charge in [0.05, 0.1) is 6.10 Å². The first kappa shape index (κ1) is 14.3. The van der Waals surface area contributed by atoms with Crippen LogP contribution in [0.5, 0.6) is 0 Å². The molecule has 4 heteroatoms. The van der Waals surface area contributed by atoms with E-state index in [2.05, 4.69) is 11.9 Å². The lowest BCUT2D eigenvalue weighted by Crippen LogP contribution is -2.04. The number of aliphatic hydroxyl groups excluding tert-OH is 1. The molecule has 2 rings (SSSR count). The molecule has 0 saturated carbocycles. The average Bonchev–Trinajstić information content (AvgIpc) is 2.39. The van der Waals surface area contributed by atoms with Gasteiger partial charge in [0.25, 0.3) is 0 Å². The molecule has 0 fully saturated rings. The topological polar surface area (TPSA) is 33.1 Å². The zero-order chi connectivity index (χ0) is 13.8.